The smallest absolute Gasteiger partial charge is 0.0347 e. The van der Waals surface area contributed by atoms with Crippen molar-refractivity contribution >= 4 is 23.5 Å². The van der Waals surface area contributed by atoms with Gasteiger partial charge in [-0.3, -0.25) is 4.90 Å². The van der Waals surface area contributed by atoms with E-state index >= 15 is 0 Å². The van der Waals surface area contributed by atoms with Gasteiger partial charge in [0.25, 0.3) is 0 Å². The molecule has 0 aromatic rings. The molecule has 0 atom stereocenters. The van der Waals surface area contributed by atoms with Crippen molar-refractivity contribution in [1.29, 1.82) is 0 Å². The Hall–Kier alpha value is 0.620. The van der Waals surface area contributed by atoms with Crippen LogP contribution in [0.3, 0.4) is 0 Å². The zero-order valence-electron chi connectivity index (χ0n) is 11.2. The number of hydrogen-bond donors (Lipinski definition) is 1. The molecule has 2 heterocycles. The second-order valence-corrected chi connectivity index (χ2v) is 8.91. The number of thioether (sulfide) groups is 2. The molecule has 2 fully saturated rings. The Morgan fingerprint density at radius 2 is 1.76 bits per heavy atom. The molecule has 2 nitrogen and oxygen atoms in total. The first-order valence-corrected chi connectivity index (χ1v) is 8.89. The van der Waals surface area contributed by atoms with E-state index in [0.717, 1.165) is 6.54 Å². The average Bonchev–Trinajstić information content (AvgIpc) is 2.51. The normalized spacial score (nSPS) is 29.8. The van der Waals surface area contributed by atoms with Gasteiger partial charge in [0.15, 0.2) is 0 Å². The van der Waals surface area contributed by atoms with Crippen LogP contribution in [0.2, 0.25) is 0 Å². The third kappa shape index (κ3) is 3.34. The maximum absolute atomic E-state index is 6.13. The van der Waals surface area contributed by atoms with Gasteiger partial charge in [-0.05, 0) is 30.8 Å². The van der Waals surface area contributed by atoms with Crippen molar-refractivity contribution in [1.82, 2.24) is 4.90 Å². The maximum Gasteiger partial charge on any atom is 0.0347 e. The first kappa shape index (κ1) is 14.0. The Balaban J connectivity index is 2.04. The molecule has 0 radical (unpaired) electrons. The molecule has 0 aliphatic carbocycles. The van der Waals surface area contributed by atoms with E-state index in [1.54, 1.807) is 0 Å². The lowest BCUT2D eigenvalue weighted by Crippen LogP contribution is -2.56. The zero-order valence-corrected chi connectivity index (χ0v) is 12.8. The van der Waals surface area contributed by atoms with Gasteiger partial charge < -0.3 is 5.73 Å². The second-order valence-electron chi connectivity index (χ2n) is 5.89. The third-order valence-corrected chi connectivity index (χ3v) is 6.67. The fourth-order valence-corrected chi connectivity index (χ4v) is 5.25. The minimum atomic E-state index is 0.326. The van der Waals surface area contributed by atoms with E-state index < -0.39 is 0 Å². The molecular formula is C13H26N2S2. The molecule has 17 heavy (non-hydrogen) atoms. The zero-order chi connectivity index (χ0) is 12.4. The number of hydrogen-bond acceptors (Lipinski definition) is 4. The molecular weight excluding hydrogens is 248 g/mol. The Labute approximate surface area is 114 Å². The van der Waals surface area contributed by atoms with Gasteiger partial charge in [-0.2, -0.15) is 23.5 Å². The van der Waals surface area contributed by atoms with Gasteiger partial charge in [0, 0.05) is 35.7 Å². The molecule has 0 bridgehead atoms. The molecule has 0 aromatic carbocycles. The van der Waals surface area contributed by atoms with Crippen molar-refractivity contribution < 1.29 is 0 Å². The number of nitrogens with two attached hydrogens (primary N) is 1. The average molecular weight is 274 g/mol. The summed E-state index contributed by atoms with van der Waals surface area (Å²) in [7, 11) is 0. The van der Waals surface area contributed by atoms with Crippen LogP contribution in [0.5, 0.6) is 0 Å². The quantitative estimate of drug-likeness (QED) is 0.837. The Morgan fingerprint density at radius 3 is 2.41 bits per heavy atom. The molecule has 0 aromatic heterocycles. The van der Waals surface area contributed by atoms with Gasteiger partial charge in [-0.25, -0.2) is 0 Å². The van der Waals surface area contributed by atoms with Crippen LogP contribution in [0.25, 0.3) is 0 Å². The van der Waals surface area contributed by atoms with Crippen LogP contribution in [0.15, 0.2) is 0 Å². The molecule has 2 saturated heterocycles. The highest BCUT2D eigenvalue weighted by Gasteiger charge is 2.38. The minimum Gasteiger partial charge on any atom is -0.329 e. The van der Waals surface area contributed by atoms with E-state index in [9.17, 15) is 0 Å². The minimum absolute atomic E-state index is 0.326. The number of nitrogens with zero attached hydrogens (tertiary/aromatic N) is 1. The molecule has 100 valence electrons. The third-order valence-electron chi connectivity index (χ3n) is 4.31. The van der Waals surface area contributed by atoms with Gasteiger partial charge in [0.2, 0.25) is 0 Å². The highest BCUT2D eigenvalue weighted by atomic mass is 32.2. The molecule has 0 spiro atoms. The molecule has 2 aliphatic rings. The summed E-state index contributed by atoms with van der Waals surface area (Å²) >= 11 is 4.22. The SMILES string of the molecule is CC1(C)CCN(C2(CN)CCSCC2)CCS1. The van der Waals surface area contributed by atoms with Gasteiger partial charge in [0.1, 0.15) is 0 Å². The van der Waals surface area contributed by atoms with Gasteiger partial charge in [-0.15, -0.1) is 0 Å². The highest BCUT2D eigenvalue weighted by molar-refractivity contribution is 8.00. The Kier molecular flexibility index (Phi) is 4.73. The molecule has 4 heteroatoms. The summed E-state index contributed by atoms with van der Waals surface area (Å²) in [4.78, 5) is 2.72. The van der Waals surface area contributed by atoms with E-state index in [1.165, 1.54) is 49.6 Å². The molecule has 2 N–H and O–H groups in total. The summed E-state index contributed by atoms with van der Waals surface area (Å²) in [5.74, 6) is 3.86. The van der Waals surface area contributed by atoms with Crippen molar-refractivity contribution in [2.24, 2.45) is 5.73 Å². The molecule has 2 aliphatic heterocycles. The monoisotopic (exact) mass is 274 g/mol. The Bertz CT molecular complexity index is 250. The summed E-state index contributed by atoms with van der Waals surface area (Å²) in [6, 6.07) is 0. The molecule has 2 rings (SSSR count). The fourth-order valence-electron chi connectivity index (χ4n) is 2.90. The van der Waals surface area contributed by atoms with Gasteiger partial charge in [0.05, 0.1) is 0 Å². The van der Waals surface area contributed by atoms with Crippen molar-refractivity contribution in [3.05, 3.63) is 0 Å². The first-order chi connectivity index (χ1) is 8.08. The van der Waals surface area contributed by atoms with Gasteiger partial charge >= 0.3 is 0 Å². The number of rotatable bonds is 2. The lowest BCUT2D eigenvalue weighted by atomic mass is 9.89. The van der Waals surface area contributed by atoms with Crippen LogP contribution in [0.4, 0.5) is 0 Å². The van der Waals surface area contributed by atoms with Gasteiger partial charge in [-0.1, -0.05) is 13.8 Å². The Morgan fingerprint density at radius 1 is 1.06 bits per heavy atom. The van der Waals surface area contributed by atoms with Crippen LogP contribution in [-0.4, -0.2) is 52.1 Å². The lowest BCUT2D eigenvalue weighted by molar-refractivity contribution is 0.0904. The van der Waals surface area contributed by atoms with Crippen LogP contribution in [0, 0.1) is 0 Å². The summed E-state index contributed by atoms with van der Waals surface area (Å²) in [6.07, 6.45) is 3.88. The topological polar surface area (TPSA) is 29.3 Å². The lowest BCUT2D eigenvalue weighted by Gasteiger charge is -2.45. The summed E-state index contributed by atoms with van der Waals surface area (Å²) in [5.41, 5.74) is 6.46. The van der Waals surface area contributed by atoms with Crippen LogP contribution >= 0.6 is 23.5 Å². The maximum atomic E-state index is 6.13. The second kappa shape index (κ2) is 5.72. The van der Waals surface area contributed by atoms with Crippen molar-refractivity contribution in [3.8, 4) is 0 Å². The summed E-state index contributed by atoms with van der Waals surface area (Å²) in [6.45, 7) is 8.08. The fraction of sp³-hybridized carbons (Fsp3) is 1.00. The van der Waals surface area contributed by atoms with Crippen LogP contribution in [-0.2, 0) is 0 Å². The van der Waals surface area contributed by atoms with E-state index in [2.05, 4.69) is 42.3 Å². The predicted molar refractivity (Wildman–Crippen MR) is 81.1 cm³/mol. The van der Waals surface area contributed by atoms with E-state index in [4.69, 9.17) is 5.73 Å². The van der Waals surface area contributed by atoms with Crippen molar-refractivity contribution in [2.45, 2.75) is 43.4 Å². The van der Waals surface area contributed by atoms with Crippen molar-refractivity contribution in [3.63, 3.8) is 0 Å². The standard InChI is InChI=1S/C13H26N2S2/c1-12(2)3-6-15(7-10-17-12)13(11-14)4-8-16-9-5-13/h3-11,14H2,1-2H3. The highest BCUT2D eigenvalue weighted by Crippen LogP contribution is 2.37. The molecule has 0 saturated carbocycles. The van der Waals surface area contributed by atoms with E-state index in [1.807, 2.05) is 0 Å². The largest absolute Gasteiger partial charge is 0.329 e. The van der Waals surface area contributed by atoms with E-state index in [0.29, 0.717) is 10.3 Å². The first-order valence-electron chi connectivity index (χ1n) is 6.75. The molecule has 0 amide bonds. The van der Waals surface area contributed by atoms with Crippen LogP contribution < -0.4 is 5.73 Å². The van der Waals surface area contributed by atoms with Crippen LogP contribution in [0.1, 0.15) is 33.1 Å². The summed E-state index contributed by atoms with van der Waals surface area (Å²) in [5, 5.41) is 0. The van der Waals surface area contributed by atoms with Crippen molar-refractivity contribution in [2.75, 3.05) is 36.9 Å². The van der Waals surface area contributed by atoms with E-state index in [-0.39, 0.29) is 0 Å². The predicted octanol–water partition coefficient (Wildman–Crippen LogP) is 2.43. The summed E-state index contributed by atoms with van der Waals surface area (Å²) < 4.78 is 0.452. The molecule has 0 unspecified atom stereocenters.